The number of methoxy groups -OCH3 is 3. The maximum atomic E-state index is 6.10. The first-order chi connectivity index (χ1) is 10.8. The Morgan fingerprint density at radius 1 is 0.909 bits per heavy atom. The van der Waals surface area contributed by atoms with Gasteiger partial charge in [0.05, 0.1) is 6.61 Å². The average Bonchev–Trinajstić information content (AvgIpc) is 2.60. The third kappa shape index (κ3) is 2.90. The minimum atomic E-state index is -0.503. The van der Waals surface area contributed by atoms with Gasteiger partial charge in [0.2, 0.25) is 0 Å². The molecule has 0 aromatic heterocycles. The van der Waals surface area contributed by atoms with Crippen LogP contribution < -0.4 is 0 Å². The van der Waals surface area contributed by atoms with Crippen LogP contribution in [0.1, 0.15) is 11.9 Å². The van der Waals surface area contributed by atoms with E-state index >= 15 is 0 Å². The highest BCUT2D eigenvalue weighted by Crippen LogP contribution is 2.35. The van der Waals surface area contributed by atoms with Gasteiger partial charge in [-0.1, -0.05) is 30.3 Å². The SMILES string of the molecule is COC1O[C@@H]2COC(c3ccccc3)O[C@@H]2[C@H](OC)[C@H]1OC. The average molecular weight is 310 g/mol. The Hall–Kier alpha value is -1.02. The fourth-order valence-electron chi connectivity index (χ4n) is 3.03. The van der Waals surface area contributed by atoms with Crippen LogP contribution in [0.3, 0.4) is 0 Å². The summed E-state index contributed by atoms with van der Waals surface area (Å²) < 4.78 is 34.2. The van der Waals surface area contributed by atoms with Crippen molar-refractivity contribution in [3.63, 3.8) is 0 Å². The second-order valence-corrected chi connectivity index (χ2v) is 5.36. The minimum absolute atomic E-state index is 0.249. The van der Waals surface area contributed by atoms with Crippen molar-refractivity contribution >= 4 is 0 Å². The molecule has 1 aromatic rings. The molecule has 0 radical (unpaired) electrons. The molecule has 2 aliphatic rings. The van der Waals surface area contributed by atoms with E-state index < -0.39 is 12.6 Å². The molecule has 0 bridgehead atoms. The number of fused-ring (bicyclic) bond motifs is 1. The van der Waals surface area contributed by atoms with Crippen LogP contribution in [0.4, 0.5) is 0 Å². The maximum absolute atomic E-state index is 6.10. The predicted octanol–water partition coefficient (Wildman–Crippen LogP) is 1.50. The van der Waals surface area contributed by atoms with Crippen LogP contribution >= 0.6 is 0 Å². The van der Waals surface area contributed by atoms with Gasteiger partial charge in [-0.3, -0.25) is 0 Å². The molecule has 0 aliphatic carbocycles. The molecule has 0 spiro atoms. The van der Waals surface area contributed by atoms with Crippen molar-refractivity contribution < 1.29 is 28.4 Å². The standard InChI is InChI=1S/C16H22O6/c1-17-13-12-11(21-16(19-3)14(13)18-2)9-20-15(22-12)10-7-5-4-6-8-10/h4-8,11-16H,9H2,1-3H3/t11-,12+,13+,14-,15?,16?/m1/s1. The zero-order valence-electron chi connectivity index (χ0n) is 13.0. The highest BCUT2D eigenvalue weighted by atomic mass is 16.8. The lowest BCUT2D eigenvalue weighted by Gasteiger charge is -2.48. The summed E-state index contributed by atoms with van der Waals surface area (Å²) in [7, 11) is 4.84. The molecule has 6 nitrogen and oxygen atoms in total. The Bertz CT molecular complexity index is 467. The molecule has 0 N–H and O–H groups in total. The highest BCUT2D eigenvalue weighted by molar-refractivity contribution is 5.16. The highest BCUT2D eigenvalue weighted by Gasteiger charge is 2.50. The number of hydrogen-bond donors (Lipinski definition) is 0. The first-order valence-corrected chi connectivity index (χ1v) is 7.34. The van der Waals surface area contributed by atoms with Crippen molar-refractivity contribution in [1.82, 2.24) is 0 Å². The fraction of sp³-hybridized carbons (Fsp3) is 0.625. The number of benzene rings is 1. The Kier molecular flexibility index (Phi) is 5.07. The van der Waals surface area contributed by atoms with E-state index in [1.165, 1.54) is 0 Å². The van der Waals surface area contributed by atoms with Gasteiger partial charge in [0, 0.05) is 26.9 Å². The fourth-order valence-corrected chi connectivity index (χ4v) is 3.03. The first-order valence-electron chi connectivity index (χ1n) is 7.34. The van der Waals surface area contributed by atoms with E-state index in [2.05, 4.69) is 0 Å². The zero-order chi connectivity index (χ0) is 15.5. The molecule has 2 aliphatic heterocycles. The van der Waals surface area contributed by atoms with Gasteiger partial charge in [-0.2, -0.15) is 0 Å². The minimum Gasteiger partial charge on any atom is -0.376 e. The van der Waals surface area contributed by atoms with Crippen LogP contribution in [-0.2, 0) is 28.4 Å². The smallest absolute Gasteiger partial charge is 0.186 e. The number of ether oxygens (including phenoxy) is 6. The van der Waals surface area contributed by atoms with Gasteiger partial charge in [0.1, 0.15) is 24.4 Å². The van der Waals surface area contributed by atoms with Gasteiger partial charge in [0.25, 0.3) is 0 Å². The van der Waals surface area contributed by atoms with Crippen LogP contribution in [0.15, 0.2) is 30.3 Å². The molecule has 3 rings (SSSR count). The van der Waals surface area contributed by atoms with Crippen molar-refractivity contribution in [2.75, 3.05) is 27.9 Å². The van der Waals surface area contributed by atoms with E-state index in [4.69, 9.17) is 28.4 Å². The van der Waals surface area contributed by atoms with Gasteiger partial charge in [-0.05, 0) is 0 Å². The van der Waals surface area contributed by atoms with E-state index in [1.807, 2.05) is 30.3 Å². The van der Waals surface area contributed by atoms with Gasteiger partial charge in [-0.25, -0.2) is 0 Å². The Balaban J connectivity index is 1.79. The third-order valence-corrected chi connectivity index (χ3v) is 4.13. The Labute approximate surface area is 130 Å². The lowest BCUT2D eigenvalue weighted by Crippen LogP contribution is -2.63. The summed E-state index contributed by atoms with van der Waals surface area (Å²) in [4.78, 5) is 0. The van der Waals surface area contributed by atoms with Crippen LogP contribution in [0.25, 0.3) is 0 Å². The summed E-state index contributed by atoms with van der Waals surface area (Å²) in [6.07, 6.45) is -2.10. The van der Waals surface area contributed by atoms with Crippen molar-refractivity contribution in [3.05, 3.63) is 35.9 Å². The van der Waals surface area contributed by atoms with Crippen LogP contribution in [-0.4, -0.2) is 58.6 Å². The lowest BCUT2D eigenvalue weighted by atomic mass is 9.97. The normalized spacial score (nSPS) is 38.5. The quantitative estimate of drug-likeness (QED) is 0.840. The first kappa shape index (κ1) is 15.9. The van der Waals surface area contributed by atoms with E-state index in [-0.39, 0.29) is 24.4 Å². The van der Waals surface area contributed by atoms with Crippen LogP contribution in [0.5, 0.6) is 0 Å². The van der Waals surface area contributed by atoms with Gasteiger partial charge in [0.15, 0.2) is 12.6 Å². The molecule has 6 atom stereocenters. The molecule has 22 heavy (non-hydrogen) atoms. The third-order valence-electron chi connectivity index (χ3n) is 4.13. The summed E-state index contributed by atoms with van der Waals surface area (Å²) in [5, 5.41) is 0. The second-order valence-electron chi connectivity index (χ2n) is 5.36. The second kappa shape index (κ2) is 7.04. The summed E-state index contributed by atoms with van der Waals surface area (Å²) >= 11 is 0. The van der Waals surface area contributed by atoms with Crippen LogP contribution in [0.2, 0.25) is 0 Å². The molecule has 2 fully saturated rings. The summed E-state index contributed by atoms with van der Waals surface area (Å²) in [5.74, 6) is 0. The summed E-state index contributed by atoms with van der Waals surface area (Å²) in [6.45, 7) is 0.417. The molecule has 122 valence electrons. The van der Waals surface area contributed by atoms with Gasteiger partial charge in [-0.15, -0.1) is 0 Å². The molecule has 2 heterocycles. The predicted molar refractivity (Wildman–Crippen MR) is 77.3 cm³/mol. The molecule has 2 unspecified atom stereocenters. The molecule has 2 saturated heterocycles. The van der Waals surface area contributed by atoms with Crippen molar-refractivity contribution in [2.45, 2.75) is 37.0 Å². The topological polar surface area (TPSA) is 55.4 Å². The largest absolute Gasteiger partial charge is 0.376 e. The molecule has 1 aromatic carbocycles. The maximum Gasteiger partial charge on any atom is 0.186 e. The number of hydrogen-bond acceptors (Lipinski definition) is 6. The molecule has 0 amide bonds. The van der Waals surface area contributed by atoms with E-state index in [0.717, 1.165) is 5.56 Å². The van der Waals surface area contributed by atoms with E-state index in [9.17, 15) is 0 Å². The summed E-state index contributed by atoms with van der Waals surface area (Å²) in [6, 6.07) is 9.82. The molecule has 6 heteroatoms. The Morgan fingerprint density at radius 2 is 1.64 bits per heavy atom. The molecule has 0 saturated carbocycles. The zero-order valence-corrected chi connectivity index (χ0v) is 13.0. The lowest BCUT2D eigenvalue weighted by molar-refractivity contribution is -0.363. The van der Waals surface area contributed by atoms with Crippen LogP contribution in [0, 0.1) is 0 Å². The summed E-state index contributed by atoms with van der Waals surface area (Å²) in [5.41, 5.74) is 0.971. The van der Waals surface area contributed by atoms with E-state index in [0.29, 0.717) is 6.61 Å². The van der Waals surface area contributed by atoms with Gasteiger partial charge < -0.3 is 28.4 Å². The Morgan fingerprint density at radius 3 is 2.27 bits per heavy atom. The van der Waals surface area contributed by atoms with Crippen molar-refractivity contribution in [3.8, 4) is 0 Å². The monoisotopic (exact) mass is 310 g/mol. The molecular weight excluding hydrogens is 288 g/mol. The molecular formula is C16H22O6. The number of rotatable bonds is 4. The van der Waals surface area contributed by atoms with E-state index in [1.54, 1.807) is 21.3 Å². The van der Waals surface area contributed by atoms with Crippen molar-refractivity contribution in [1.29, 1.82) is 0 Å². The van der Waals surface area contributed by atoms with Crippen molar-refractivity contribution in [2.24, 2.45) is 0 Å². The van der Waals surface area contributed by atoms with Gasteiger partial charge >= 0.3 is 0 Å².